The zero-order valence-corrected chi connectivity index (χ0v) is 24.3. The molecule has 0 aliphatic heterocycles. The Kier molecular flexibility index (Phi) is 6.60. The summed E-state index contributed by atoms with van der Waals surface area (Å²) in [5.74, 6) is 1.26. The average Bonchev–Trinajstić information content (AvgIpc) is 3.77. The predicted octanol–water partition coefficient (Wildman–Crippen LogP) is 3.50. The summed E-state index contributed by atoms with van der Waals surface area (Å²) >= 11 is 1.56. The molecule has 3 fully saturated rings. The number of thiazole rings is 1. The fourth-order valence-corrected chi connectivity index (χ4v) is 7.99. The third kappa shape index (κ3) is 5.36. The number of aliphatic hydroxyl groups excluding tert-OH is 1. The van der Waals surface area contributed by atoms with Crippen LogP contribution in [-0.4, -0.2) is 74.4 Å². The maximum absolute atomic E-state index is 12.0. The Bertz CT molecular complexity index is 1520. The maximum atomic E-state index is 12.0. The van der Waals surface area contributed by atoms with E-state index < -0.39 is 33.5 Å². The minimum atomic E-state index is -3.34. The molecule has 3 aromatic rings. The van der Waals surface area contributed by atoms with Gasteiger partial charge in [0.1, 0.15) is 31.8 Å². The lowest BCUT2D eigenvalue weighted by molar-refractivity contribution is -0.0557. The predicted molar refractivity (Wildman–Crippen MR) is 153 cm³/mol. The van der Waals surface area contributed by atoms with Crippen LogP contribution < -0.4 is 10.6 Å². The van der Waals surface area contributed by atoms with Gasteiger partial charge in [-0.25, -0.2) is 18.4 Å². The zero-order chi connectivity index (χ0) is 27.7. The number of sulfone groups is 1. The van der Waals surface area contributed by atoms with Crippen molar-refractivity contribution in [3.63, 3.8) is 0 Å². The summed E-state index contributed by atoms with van der Waals surface area (Å²) in [6.07, 6.45) is 6.69. The summed E-state index contributed by atoms with van der Waals surface area (Å²) in [5.41, 5.74) is 1.86. The highest BCUT2D eigenvalue weighted by atomic mass is 32.2. The highest BCUT2D eigenvalue weighted by Crippen LogP contribution is 2.45. The molecule has 4 N–H and O–H groups in total. The van der Waals surface area contributed by atoms with Crippen molar-refractivity contribution in [2.45, 2.75) is 82.6 Å². The van der Waals surface area contributed by atoms with Crippen molar-refractivity contribution in [1.82, 2.24) is 19.9 Å². The van der Waals surface area contributed by atoms with Crippen molar-refractivity contribution in [3.8, 4) is 10.6 Å². The van der Waals surface area contributed by atoms with Crippen LogP contribution in [0.4, 0.5) is 11.8 Å². The van der Waals surface area contributed by atoms with E-state index in [0.29, 0.717) is 23.6 Å². The molecule has 0 saturated heterocycles. The monoisotopic (exact) mass is 572 g/mol. The van der Waals surface area contributed by atoms with Crippen molar-refractivity contribution in [1.29, 1.82) is 0 Å². The highest BCUT2D eigenvalue weighted by Gasteiger charge is 2.51. The Morgan fingerprint density at radius 2 is 1.95 bits per heavy atom. The van der Waals surface area contributed by atoms with Crippen LogP contribution in [0.2, 0.25) is 0 Å². The molecule has 5 atom stereocenters. The van der Waals surface area contributed by atoms with E-state index in [1.54, 1.807) is 18.3 Å². The Balaban J connectivity index is 1.40. The average molecular weight is 573 g/mol. The van der Waals surface area contributed by atoms with Gasteiger partial charge in [-0.15, -0.1) is 11.3 Å². The first-order valence-corrected chi connectivity index (χ1v) is 16.5. The second kappa shape index (κ2) is 9.60. The molecular weight excluding hydrogens is 536 g/mol. The van der Waals surface area contributed by atoms with Crippen molar-refractivity contribution in [2.24, 2.45) is 11.8 Å². The first-order chi connectivity index (χ1) is 18.4. The van der Waals surface area contributed by atoms with Gasteiger partial charge in [-0.1, -0.05) is 0 Å². The van der Waals surface area contributed by atoms with Gasteiger partial charge in [0.15, 0.2) is 0 Å². The molecule has 0 bridgehead atoms. The van der Waals surface area contributed by atoms with Gasteiger partial charge in [0.2, 0.25) is 5.95 Å². The number of hydrogen-bond acceptors (Lipinski definition) is 11. The van der Waals surface area contributed by atoms with E-state index in [1.807, 2.05) is 19.2 Å². The van der Waals surface area contributed by atoms with Crippen LogP contribution in [0.5, 0.6) is 0 Å². The Morgan fingerprint density at radius 1 is 1.21 bits per heavy atom. The molecule has 0 spiro atoms. The quantitative estimate of drug-likeness (QED) is 0.300. The second-order valence-electron chi connectivity index (χ2n) is 11.9. The molecule has 3 aromatic heterocycles. The Morgan fingerprint density at radius 3 is 2.62 bits per heavy atom. The van der Waals surface area contributed by atoms with Crippen molar-refractivity contribution >= 4 is 43.2 Å². The van der Waals surface area contributed by atoms with Crippen LogP contribution in [0.15, 0.2) is 12.3 Å². The van der Waals surface area contributed by atoms with Crippen molar-refractivity contribution in [3.05, 3.63) is 23.7 Å². The number of rotatable bonds is 9. The number of nitrogens with zero attached hydrogens (tertiary/aromatic N) is 4. The van der Waals surface area contributed by atoms with E-state index in [2.05, 4.69) is 22.5 Å². The van der Waals surface area contributed by atoms with E-state index >= 15 is 0 Å². The molecular formula is C27H36N6O4S2. The van der Waals surface area contributed by atoms with Gasteiger partial charge in [-0.05, 0) is 64.9 Å². The van der Waals surface area contributed by atoms with Gasteiger partial charge in [0.25, 0.3) is 0 Å². The lowest BCUT2D eigenvalue weighted by atomic mass is 9.97. The summed E-state index contributed by atoms with van der Waals surface area (Å²) < 4.78 is 25.1. The summed E-state index contributed by atoms with van der Waals surface area (Å²) in [4.78, 5) is 19.3. The zero-order valence-electron chi connectivity index (χ0n) is 22.7. The van der Waals surface area contributed by atoms with Crippen LogP contribution >= 0.6 is 11.3 Å². The Labute approximate surface area is 232 Å². The number of aliphatic hydroxyl groups is 2. The number of nitrogens with one attached hydrogen (secondary N) is 2. The number of fused-ring (bicyclic) bond motifs is 1. The van der Waals surface area contributed by atoms with E-state index in [1.165, 1.54) is 12.8 Å². The molecule has 39 heavy (non-hydrogen) atoms. The van der Waals surface area contributed by atoms with Crippen LogP contribution in [0.3, 0.4) is 0 Å². The fourth-order valence-electron chi connectivity index (χ4n) is 5.82. The number of aryl methyl sites for hydroxylation is 1. The molecule has 210 valence electrons. The third-order valence-corrected chi connectivity index (χ3v) is 10.5. The number of pyridine rings is 1. The van der Waals surface area contributed by atoms with Crippen LogP contribution in [0.1, 0.15) is 63.3 Å². The maximum Gasteiger partial charge on any atom is 0.225 e. The van der Waals surface area contributed by atoms with Gasteiger partial charge in [0.05, 0.1) is 39.5 Å². The van der Waals surface area contributed by atoms with E-state index in [0.717, 1.165) is 51.3 Å². The van der Waals surface area contributed by atoms with E-state index in [9.17, 15) is 18.6 Å². The molecule has 0 radical (unpaired) electrons. The standard InChI is InChI=1S/C27H36N6O4S2/c1-13(15-5-6-15)29-26-30-14(2)20(25-32-22-18(38-25)9-10-28-21(22)16-7-8-16)24(33-26)31-19-11-17(12-39(4,36)37)23(34)27(19,3)35/h9-10,13,15-17,19,23,34-35H,5-8,11-12H2,1-4H3,(H2,29,30,31,33)/t13-,17-,19-,23-,27+/m1/s1. The lowest BCUT2D eigenvalue weighted by Crippen LogP contribution is -2.48. The summed E-state index contributed by atoms with van der Waals surface area (Å²) in [6.45, 7) is 5.60. The van der Waals surface area contributed by atoms with Crippen molar-refractivity contribution < 1.29 is 18.6 Å². The van der Waals surface area contributed by atoms with Gasteiger partial charge in [0, 0.05) is 30.3 Å². The van der Waals surface area contributed by atoms with Gasteiger partial charge in [-0.2, -0.15) is 4.98 Å². The molecule has 0 aromatic carbocycles. The summed E-state index contributed by atoms with van der Waals surface area (Å²) in [5, 5.41) is 29.8. The number of anilines is 2. The smallest absolute Gasteiger partial charge is 0.225 e. The second-order valence-corrected chi connectivity index (χ2v) is 15.1. The largest absolute Gasteiger partial charge is 0.390 e. The summed E-state index contributed by atoms with van der Waals surface area (Å²) in [6, 6.07) is 1.58. The van der Waals surface area contributed by atoms with Crippen LogP contribution in [0.25, 0.3) is 20.8 Å². The molecule has 3 aliphatic carbocycles. The minimum Gasteiger partial charge on any atom is -0.390 e. The molecule has 6 rings (SSSR count). The first kappa shape index (κ1) is 26.8. The van der Waals surface area contributed by atoms with Gasteiger partial charge in [-0.3, -0.25) is 4.98 Å². The minimum absolute atomic E-state index is 0.196. The lowest BCUT2D eigenvalue weighted by Gasteiger charge is -2.30. The SMILES string of the molecule is Cc1nc(N[C@H](C)C2CC2)nc(N[C@@H]2C[C@H](CS(C)(=O)=O)[C@@H](O)[C@@]2(C)O)c1-c1nc2c(C3CC3)nccc2s1. The molecule has 3 heterocycles. The molecule has 0 amide bonds. The third-order valence-electron chi connectivity index (χ3n) is 8.41. The molecule has 3 aliphatic rings. The highest BCUT2D eigenvalue weighted by molar-refractivity contribution is 7.90. The van der Waals surface area contributed by atoms with Gasteiger partial charge >= 0.3 is 0 Å². The fraction of sp³-hybridized carbons (Fsp3) is 0.630. The number of hydrogen-bond donors (Lipinski definition) is 4. The van der Waals surface area contributed by atoms with Crippen LogP contribution in [0, 0.1) is 18.8 Å². The molecule has 0 unspecified atom stereocenters. The molecule has 10 nitrogen and oxygen atoms in total. The van der Waals surface area contributed by atoms with Crippen molar-refractivity contribution in [2.75, 3.05) is 22.6 Å². The Hall–Kier alpha value is -2.41. The van der Waals surface area contributed by atoms with E-state index in [-0.39, 0.29) is 18.2 Å². The number of aromatic nitrogens is 4. The van der Waals surface area contributed by atoms with Gasteiger partial charge < -0.3 is 20.8 Å². The summed E-state index contributed by atoms with van der Waals surface area (Å²) in [7, 11) is -3.34. The topological polar surface area (TPSA) is 150 Å². The molecule has 3 saturated carbocycles. The van der Waals surface area contributed by atoms with E-state index in [4.69, 9.17) is 15.0 Å². The molecule has 12 heteroatoms. The van der Waals surface area contributed by atoms with Crippen LogP contribution in [-0.2, 0) is 9.84 Å². The normalized spacial score (nSPS) is 28.1. The first-order valence-electron chi connectivity index (χ1n) is 13.7.